The van der Waals surface area contributed by atoms with Gasteiger partial charge in [0, 0.05) is 11.6 Å². The van der Waals surface area contributed by atoms with Gasteiger partial charge in [0.1, 0.15) is 5.75 Å². The van der Waals surface area contributed by atoms with E-state index in [-0.39, 0.29) is 17.2 Å². The Kier molecular flexibility index (Phi) is 6.25. The second-order valence-corrected chi connectivity index (χ2v) is 4.04. The van der Waals surface area contributed by atoms with Crippen molar-refractivity contribution in [1.82, 2.24) is 5.32 Å². The number of carbonyl (C=O) groups excluding carboxylic acids is 1. The van der Waals surface area contributed by atoms with Crippen LogP contribution in [0, 0.1) is 0 Å². The first-order valence-electron chi connectivity index (χ1n) is 5.60. The third-order valence-electron chi connectivity index (χ3n) is 2.20. The van der Waals surface area contributed by atoms with Gasteiger partial charge >= 0.3 is 0 Å². The third kappa shape index (κ3) is 4.77. The monoisotopic (exact) mass is 269 g/mol. The Balaban J connectivity index is 2.34. The highest BCUT2D eigenvalue weighted by atomic mass is 35.5. The highest BCUT2D eigenvalue weighted by molar-refractivity contribution is 6.30. The lowest BCUT2D eigenvalue weighted by Gasteiger charge is -2.07. The van der Waals surface area contributed by atoms with Crippen LogP contribution < -0.4 is 5.32 Å². The Morgan fingerprint density at radius 3 is 2.94 bits per heavy atom. The number of halogens is 1. The summed E-state index contributed by atoms with van der Waals surface area (Å²) in [5, 5.41) is 12.6. The van der Waals surface area contributed by atoms with Gasteiger partial charge in [-0.25, -0.2) is 0 Å². The van der Waals surface area contributed by atoms with Crippen molar-refractivity contribution in [2.75, 3.05) is 19.8 Å². The van der Waals surface area contributed by atoms with E-state index >= 15 is 0 Å². The molecule has 1 amide bonds. The first-order valence-corrected chi connectivity index (χ1v) is 5.98. The Morgan fingerprint density at radius 1 is 1.50 bits per heavy atom. The summed E-state index contributed by atoms with van der Waals surface area (Å²) in [6.07, 6.45) is 2.55. The molecular formula is C13H16ClNO3. The molecule has 4 nitrogen and oxygen atoms in total. The zero-order valence-corrected chi connectivity index (χ0v) is 10.7. The zero-order valence-electron chi connectivity index (χ0n) is 9.99. The van der Waals surface area contributed by atoms with Crippen LogP contribution in [0.1, 0.15) is 16.8 Å². The second kappa shape index (κ2) is 7.74. The molecule has 0 radical (unpaired) electrons. The minimum Gasteiger partial charge on any atom is -0.507 e. The maximum atomic E-state index is 11.7. The summed E-state index contributed by atoms with van der Waals surface area (Å²) in [6.45, 7) is 4.98. The largest absolute Gasteiger partial charge is 0.507 e. The lowest BCUT2D eigenvalue weighted by atomic mass is 10.2. The van der Waals surface area contributed by atoms with Gasteiger partial charge < -0.3 is 15.2 Å². The fourth-order valence-electron chi connectivity index (χ4n) is 1.30. The number of nitrogens with one attached hydrogen (secondary N) is 1. The summed E-state index contributed by atoms with van der Waals surface area (Å²) in [6, 6.07) is 4.36. The van der Waals surface area contributed by atoms with E-state index in [0.717, 1.165) is 6.42 Å². The summed E-state index contributed by atoms with van der Waals surface area (Å²) >= 11 is 5.68. The summed E-state index contributed by atoms with van der Waals surface area (Å²) in [4.78, 5) is 11.7. The van der Waals surface area contributed by atoms with Crippen LogP contribution in [0.4, 0.5) is 0 Å². The number of benzene rings is 1. The van der Waals surface area contributed by atoms with Gasteiger partial charge in [0.05, 0.1) is 18.8 Å². The van der Waals surface area contributed by atoms with E-state index in [9.17, 15) is 9.90 Å². The summed E-state index contributed by atoms with van der Waals surface area (Å²) in [7, 11) is 0. The topological polar surface area (TPSA) is 58.6 Å². The van der Waals surface area contributed by atoms with Gasteiger partial charge in [-0.05, 0) is 24.6 Å². The molecule has 0 spiro atoms. The number of carbonyl (C=O) groups is 1. The van der Waals surface area contributed by atoms with Crippen molar-refractivity contribution in [3.05, 3.63) is 41.4 Å². The van der Waals surface area contributed by atoms with Gasteiger partial charge in [0.25, 0.3) is 5.91 Å². The fourth-order valence-corrected chi connectivity index (χ4v) is 1.46. The number of rotatable bonds is 7. The number of hydrogen-bond acceptors (Lipinski definition) is 3. The van der Waals surface area contributed by atoms with Gasteiger partial charge in [0.15, 0.2) is 0 Å². The predicted octanol–water partition coefficient (Wildman–Crippen LogP) is 2.37. The second-order valence-electron chi connectivity index (χ2n) is 3.61. The maximum absolute atomic E-state index is 11.7. The van der Waals surface area contributed by atoms with Crippen molar-refractivity contribution in [1.29, 1.82) is 0 Å². The van der Waals surface area contributed by atoms with Gasteiger partial charge in [0.2, 0.25) is 0 Å². The predicted molar refractivity (Wildman–Crippen MR) is 71.1 cm³/mol. The first kappa shape index (κ1) is 14.5. The number of phenols is 1. The zero-order chi connectivity index (χ0) is 13.4. The molecule has 0 saturated carbocycles. The molecule has 0 aliphatic rings. The standard InChI is InChI=1S/C13H16ClNO3/c1-2-3-7-18-8-6-15-13(17)11-5-4-10(14)9-12(11)16/h2,4-5,9,16H,1,3,6-8H2,(H,15,17). The number of hydrogen-bond donors (Lipinski definition) is 2. The molecule has 2 N–H and O–H groups in total. The molecule has 0 aliphatic heterocycles. The maximum Gasteiger partial charge on any atom is 0.255 e. The van der Waals surface area contributed by atoms with Crippen molar-refractivity contribution in [2.45, 2.75) is 6.42 Å². The molecule has 1 aromatic rings. The van der Waals surface area contributed by atoms with Crippen molar-refractivity contribution in [2.24, 2.45) is 0 Å². The highest BCUT2D eigenvalue weighted by Gasteiger charge is 2.10. The Labute approximate surface area is 111 Å². The molecule has 0 unspecified atom stereocenters. The number of amides is 1. The van der Waals surface area contributed by atoms with Crippen molar-refractivity contribution in [3.8, 4) is 5.75 Å². The normalized spacial score (nSPS) is 10.1. The molecular weight excluding hydrogens is 254 g/mol. The van der Waals surface area contributed by atoms with Crippen LogP contribution in [-0.4, -0.2) is 30.8 Å². The first-order chi connectivity index (χ1) is 8.65. The molecule has 0 bridgehead atoms. The van der Waals surface area contributed by atoms with E-state index in [1.165, 1.54) is 12.1 Å². The molecule has 1 aromatic carbocycles. The number of ether oxygens (including phenoxy) is 1. The molecule has 0 aromatic heterocycles. The SMILES string of the molecule is C=CCCOCCNC(=O)c1ccc(Cl)cc1O. The van der Waals surface area contributed by atoms with Crippen LogP contribution in [0.3, 0.4) is 0 Å². The minimum atomic E-state index is -0.350. The van der Waals surface area contributed by atoms with Gasteiger partial charge in [-0.15, -0.1) is 6.58 Å². The Morgan fingerprint density at radius 2 is 2.28 bits per heavy atom. The Bertz CT molecular complexity index is 421. The van der Waals surface area contributed by atoms with Crippen molar-refractivity contribution < 1.29 is 14.6 Å². The van der Waals surface area contributed by atoms with Crippen LogP contribution in [0.2, 0.25) is 5.02 Å². The molecule has 0 fully saturated rings. The van der Waals surface area contributed by atoms with Crippen LogP contribution in [-0.2, 0) is 4.74 Å². The Hall–Kier alpha value is -1.52. The van der Waals surface area contributed by atoms with Crippen molar-refractivity contribution in [3.63, 3.8) is 0 Å². The van der Waals surface area contributed by atoms with Gasteiger partial charge in [-0.3, -0.25) is 4.79 Å². The molecule has 0 heterocycles. The minimum absolute atomic E-state index is 0.132. The molecule has 0 atom stereocenters. The molecule has 1 rings (SSSR count). The number of aromatic hydroxyl groups is 1. The molecule has 18 heavy (non-hydrogen) atoms. The van der Waals surface area contributed by atoms with E-state index < -0.39 is 0 Å². The van der Waals surface area contributed by atoms with Gasteiger partial charge in [-0.1, -0.05) is 17.7 Å². The molecule has 0 saturated heterocycles. The average molecular weight is 270 g/mol. The van der Waals surface area contributed by atoms with Gasteiger partial charge in [-0.2, -0.15) is 0 Å². The third-order valence-corrected chi connectivity index (χ3v) is 2.44. The lowest BCUT2D eigenvalue weighted by Crippen LogP contribution is -2.27. The van der Waals surface area contributed by atoms with E-state index in [1.54, 1.807) is 12.1 Å². The molecule has 98 valence electrons. The van der Waals surface area contributed by atoms with Crippen LogP contribution in [0.15, 0.2) is 30.9 Å². The van der Waals surface area contributed by atoms with Crippen molar-refractivity contribution >= 4 is 17.5 Å². The lowest BCUT2D eigenvalue weighted by molar-refractivity contribution is 0.0915. The average Bonchev–Trinajstić information content (AvgIpc) is 2.33. The molecule has 0 aliphatic carbocycles. The van der Waals surface area contributed by atoms with Crippen LogP contribution >= 0.6 is 11.6 Å². The molecule has 5 heteroatoms. The van der Waals surface area contributed by atoms with Crippen LogP contribution in [0.25, 0.3) is 0 Å². The summed E-state index contributed by atoms with van der Waals surface area (Å²) in [5.41, 5.74) is 0.200. The number of phenolic OH excluding ortho intramolecular Hbond substituents is 1. The quantitative estimate of drug-likeness (QED) is 0.590. The van der Waals surface area contributed by atoms with E-state index in [2.05, 4.69) is 11.9 Å². The van der Waals surface area contributed by atoms with E-state index in [4.69, 9.17) is 16.3 Å². The van der Waals surface area contributed by atoms with E-state index in [1.807, 2.05) is 0 Å². The van der Waals surface area contributed by atoms with E-state index in [0.29, 0.717) is 24.8 Å². The fraction of sp³-hybridized carbons (Fsp3) is 0.308. The smallest absolute Gasteiger partial charge is 0.255 e. The summed E-state index contributed by atoms with van der Waals surface area (Å²) < 4.78 is 5.24. The van der Waals surface area contributed by atoms with Crippen LogP contribution in [0.5, 0.6) is 5.75 Å². The highest BCUT2D eigenvalue weighted by Crippen LogP contribution is 2.21. The summed E-state index contributed by atoms with van der Waals surface area (Å²) in [5.74, 6) is -0.482.